The molecule has 0 aliphatic heterocycles. The summed E-state index contributed by atoms with van der Waals surface area (Å²) in [7, 11) is 0. The first kappa shape index (κ1) is 13.5. The molecule has 0 amide bonds. The van der Waals surface area contributed by atoms with E-state index in [2.05, 4.69) is 38.4 Å². The molecule has 0 saturated heterocycles. The van der Waals surface area contributed by atoms with E-state index in [4.69, 9.17) is 16.0 Å². The summed E-state index contributed by atoms with van der Waals surface area (Å²) in [5.74, 6) is 1.08. The van der Waals surface area contributed by atoms with Gasteiger partial charge < -0.3 is 9.73 Å². The molecule has 1 aromatic heterocycles. The fourth-order valence-electron chi connectivity index (χ4n) is 1.47. The molecular weight excluding hydrogens is 318 g/mol. The molecule has 1 aromatic carbocycles. The van der Waals surface area contributed by atoms with Crippen LogP contribution < -0.4 is 5.32 Å². The Balaban J connectivity index is 2.13. The van der Waals surface area contributed by atoms with Gasteiger partial charge in [-0.1, -0.05) is 18.5 Å². The van der Waals surface area contributed by atoms with Gasteiger partial charge in [0.25, 0.3) is 0 Å². The van der Waals surface area contributed by atoms with Crippen molar-refractivity contribution in [2.75, 3.05) is 6.54 Å². The van der Waals surface area contributed by atoms with Crippen molar-refractivity contribution in [3.63, 3.8) is 0 Å². The van der Waals surface area contributed by atoms with E-state index >= 15 is 0 Å². The third-order valence-electron chi connectivity index (χ3n) is 2.33. The van der Waals surface area contributed by atoms with Gasteiger partial charge in [0, 0.05) is 9.50 Å². The predicted octanol–water partition coefficient (Wildman–Crippen LogP) is 3.65. The van der Waals surface area contributed by atoms with Crippen LogP contribution in [0.1, 0.15) is 19.2 Å². The molecule has 1 heterocycles. The number of nitrogens with zero attached hydrogens (tertiary/aromatic N) is 2. The largest absolute Gasteiger partial charge is 0.419 e. The average molecular weight is 331 g/mol. The molecule has 4 nitrogen and oxygen atoms in total. The van der Waals surface area contributed by atoms with Crippen LogP contribution in [0.3, 0.4) is 0 Å². The van der Waals surface area contributed by atoms with E-state index in [1.807, 2.05) is 6.07 Å². The molecule has 2 rings (SSSR count). The van der Waals surface area contributed by atoms with Crippen molar-refractivity contribution in [2.24, 2.45) is 0 Å². The second-order valence-corrected chi connectivity index (χ2v) is 5.09. The molecule has 96 valence electrons. The maximum absolute atomic E-state index is 5.89. The molecule has 0 fully saturated rings. The van der Waals surface area contributed by atoms with Gasteiger partial charge in [0.2, 0.25) is 11.8 Å². The Labute approximate surface area is 119 Å². The molecule has 6 heteroatoms. The maximum atomic E-state index is 5.89. The molecule has 0 aliphatic rings. The highest BCUT2D eigenvalue weighted by Crippen LogP contribution is 2.29. The van der Waals surface area contributed by atoms with Crippen molar-refractivity contribution in [3.8, 4) is 11.5 Å². The van der Waals surface area contributed by atoms with Crippen LogP contribution in [-0.4, -0.2) is 16.7 Å². The number of hydrogen-bond donors (Lipinski definition) is 1. The molecule has 0 atom stereocenters. The van der Waals surface area contributed by atoms with Gasteiger partial charge >= 0.3 is 0 Å². The van der Waals surface area contributed by atoms with Crippen LogP contribution in [0, 0.1) is 0 Å². The van der Waals surface area contributed by atoms with Gasteiger partial charge in [0.1, 0.15) is 0 Å². The summed E-state index contributed by atoms with van der Waals surface area (Å²) in [5, 5.41) is 11.9. The molecule has 0 radical (unpaired) electrons. The average Bonchev–Trinajstić information content (AvgIpc) is 2.78. The zero-order valence-corrected chi connectivity index (χ0v) is 12.3. The van der Waals surface area contributed by atoms with Gasteiger partial charge in [-0.25, -0.2) is 0 Å². The first-order chi connectivity index (χ1) is 8.70. The first-order valence-electron chi connectivity index (χ1n) is 5.69. The monoisotopic (exact) mass is 329 g/mol. The van der Waals surface area contributed by atoms with E-state index in [0.29, 0.717) is 23.3 Å². The highest BCUT2D eigenvalue weighted by molar-refractivity contribution is 9.10. The van der Waals surface area contributed by atoms with Crippen LogP contribution in [0.2, 0.25) is 5.02 Å². The van der Waals surface area contributed by atoms with Crippen LogP contribution in [0.25, 0.3) is 11.5 Å². The normalized spacial score (nSPS) is 10.8. The van der Waals surface area contributed by atoms with Gasteiger partial charge in [0.05, 0.1) is 12.1 Å². The Hall–Kier alpha value is -0.910. The van der Waals surface area contributed by atoms with Crippen LogP contribution in [0.4, 0.5) is 0 Å². The molecule has 0 aliphatic carbocycles. The summed E-state index contributed by atoms with van der Waals surface area (Å²) in [6.45, 7) is 3.63. The van der Waals surface area contributed by atoms with Crippen LogP contribution in [0.5, 0.6) is 0 Å². The minimum absolute atomic E-state index is 0.492. The molecule has 2 aromatic rings. The number of nitrogens with one attached hydrogen (secondary N) is 1. The molecule has 0 saturated carbocycles. The van der Waals surface area contributed by atoms with Crippen molar-refractivity contribution in [3.05, 3.63) is 33.6 Å². The van der Waals surface area contributed by atoms with E-state index in [0.717, 1.165) is 23.0 Å². The Morgan fingerprint density at radius 1 is 1.39 bits per heavy atom. The quantitative estimate of drug-likeness (QED) is 0.850. The Morgan fingerprint density at radius 3 is 2.94 bits per heavy atom. The third-order valence-corrected chi connectivity index (χ3v) is 3.22. The maximum Gasteiger partial charge on any atom is 0.248 e. The smallest absolute Gasteiger partial charge is 0.248 e. The molecule has 0 spiro atoms. The van der Waals surface area contributed by atoms with Crippen molar-refractivity contribution in [1.82, 2.24) is 15.5 Å². The van der Waals surface area contributed by atoms with Crippen molar-refractivity contribution >= 4 is 27.5 Å². The summed E-state index contributed by atoms with van der Waals surface area (Å²) in [4.78, 5) is 0. The molecule has 0 bridgehead atoms. The van der Waals surface area contributed by atoms with E-state index in [-0.39, 0.29) is 0 Å². The fourth-order valence-corrected chi connectivity index (χ4v) is 2.32. The second-order valence-electron chi connectivity index (χ2n) is 3.80. The summed E-state index contributed by atoms with van der Waals surface area (Å²) >= 11 is 9.32. The lowest BCUT2D eigenvalue weighted by molar-refractivity contribution is 0.477. The molecule has 0 unspecified atom stereocenters. The zero-order chi connectivity index (χ0) is 13.0. The van der Waals surface area contributed by atoms with E-state index in [1.54, 1.807) is 12.1 Å². The van der Waals surface area contributed by atoms with Crippen LogP contribution >= 0.6 is 27.5 Å². The van der Waals surface area contributed by atoms with Crippen molar-refractivity contribution in [1.29, 1.82) is 0 Å². The topological polar surface area (TPSA) is 51.0 Å². The lowest BCUT2D eigenvalue weighted by atomic mass is 10.2. The van der Waals surface area contributed by atoms with Crippen molar-refractivity contribution in [2.45, 2.75) is 19.9 Å². The third kappa shape index (κ3) is 3.31. The van der Waals surface area contributed by atoms with E-state index < -0.39 is 0 Å². The first-order valence-corrected chi connectivity index (χ1v) is 6.86. The number of benzene rings is 1. The Bertz CT molecular complexity index is 530. The molecular formula is C12H13BrClN3O. The van der Waals surface area contributed by atoms with Gasteiger partial charge in [-0.05, 0) is 47.1 Å². The van der Waals surface area contributed by atoms with Gasteiger partial charge in [-0.2, -0.15) is 0 Å². The fraction of sp³-hybridized carbons (Fsp3) is 0.333. The minimum atomic E-state index is 0.492. The van der Waals surface area contributed by atoms with Crippen molar-refractivity contribution < 1.29 is 4.42 Å². The minimum Gasteiger partial charge on any atom is -0.419 e. The highest BCUT2D eigenvalue weighted by atomic mass is 79.9. The SMILES string of the molecule is CCCNCc1nnc(-c2ccc(Cl)cc2Br)o1. The Kier molecular flexibility index (Phi) is 4.74. The molecule has 18 heavy (non-hydrogen) atoms. The second kappa shape index (κ2) is 6.31. The lowest BCUT2D eigenvalue weighted by Gasteiger charge is -1.99. The van der Waals surface area contributed by atoms with E-state index in [9.17, 15) is 0 Å². The standard InChI is InChI=1S/C12H13BrClN3O/c1-2-5-15-7-11-16-17-12(18-11)9-4-3-8(14)6-10(9)13/h3-4,6,15H,2,5,7H2,1H3. The van der Waals surface area contributed by atoms with Gasteiger partial charge in [0.15, 0.2) is 0 Å². The highest BCUT2D eigenvalue weighted by Gasteiger charge is 2.11. The van der Waals surface area contributed by atoms with Gasteiger partial charge in [-0.15, -0.1) is 10.2 Å². The van der Waals surface area contributed by atoms with E-state index in [1.165, 1.54) is 0 Å². The summed E-state index contributed by atoms with van der Waals surface area (Å²) in [6, 6.07) is 5.44. The number of halogens is 2. The number of rotatable bonds is 5. The summed E-state index contributed by atoms with van der Waals surface area (Å²) in [5.41, 5.74) is 0.841. The van der Waals surface area contributed by atoms with Crippen LogP contribution in [0.15, 0.2) is 27.1 Å². The Morgan fingerprint density at radius 2 is 2.22 bits per heavy atom. The van der Waals surface area contributed by atoms with Crippen LogP contribution in [-0.2, 0) is 6.54 Å². The number of aromatic nitrogens is 2. The summed E-state index contributed by atoms with van der Waals surface area (Å²) in [6.07, 6.45) is 1.07. The van der Waals surface area contributed by atoms with Gasteiger partial charge in [-0.3, -0.25) is 0 Å². The number of hydrogen-bond acceptors (Lipinski definition) is 4. The summed E-state index contributed by atoms with van der Waals surface area (Å²) < 4.78 is 6.42. The predicted molar refractivity (Wildman–Crippen MR) is 74.4 cm³/mol. The zero-order valence-electron chi connectivity index (χ0n) is 9.91. The molecule has 1 N–H and O–H groups in total. The lowest BCUT2D eigenvalue weighted by Crippen LogP contribution is -2.13.